The van der Waals surface area contributed by atoms with Gasteiger partial charge in [0, 0.05) is 13.1 Å². The van der Waals surface area contributed by atoms with Crippen molar-refractivity contribution >= 4 is 18.2 Å². The van der Waals surface area contributed by atoms with Gasteiger partial charge in [-0.2, -0.15) is 0 Å². The summed E-state index contributed by atoms with van der Waals surface area (Å²) in [6.45, 7) is 1.61. The fourth-order valence-corrected chi connectivity index (χ4v) is 1.59. The van der Waals surface area contributed by atoms with Gasteiger partial charge in [0.2, 0.25) is 0 Å². The maximum atomic E-state index is 11.5. The molecule has 0 radical (unpaired) electrons. The normalized spacial score (nSPS) is 19.9. The first-order valence-electron chi connectivity index (χ1n) is 5.11. The predicted octanol–water partition coefficient (Wildman–Crippen LogP) is -0.108. The summed E-state index contributed by atoms with van der Waals surface area (Å²) in [5.74, 6) is -1.25. The number of piperazine rings is 1. The number of carbonyl (C=O) groups is 3. The van der Waals surface area contributed by atoms with E-state index in [4.69, 9.17) is 14.9 Å². The highest BCUT2D eigenvalue weighted by atomic mass is 16.6. The number of aliphatic carboxylic acids is 1. The summed E-state index contributed by atoms with van der Waals surface area (Å²) >= 11 is 0. The summed E-state index contributed by atoms with van der Waals surface area (Å²) in [7, 11) is 0. The van der Waals surface area contributed by atoms with Gasteiger partial charge in [-0.15, -0.1) is 0 Å². The molecule has 2 N–H and O–H groups in total. The van der Waals surface area contributed by atoms with Crippen LogP contribution < -0.4 is 0 Å². The molecule has 1 unspecified atom stereocenters. The summed E-state index contributed by atoms with van der Waals surface area (Å²) < 4.78 is 4.72. The fraction of sp³-hybridized carbons (Fsp3) is 0.667. The Labute approximate surface area is 97.4 Å². The standard InChI is InChI=1S/C9H14N2O6/c1-2-17-9(16)11-4-3-10(8(14)15)5-6(11)7(12)13/h6H,2-5H2,1H3,(H,12,13)(H,14,15). The van der Waals surface area contributed by atoms with Crippen LogP contribution in [0.25, 0.3) is 0 Å². The summed E-state index contributed by atoms with van der Waals surface area (Å²) in [4.78, 5) is 35.2. The molecular weight excluding hydrogens is 232 g/mol. The van der Waals surface area contributed by atoms with Crippen molar-refractivity contribution in [1.82, 2.24) is 9.80 Å². The van der Waals surface area contributed by atoms with Gasteiger partial charge < -0.3 is 19.8 Å². The van der Waals surface area contributed by atoms with Crippen LogP contribution in [0.5, 0.6) is 0 Å². The first-order chi connectivity index (χ1) is 7.97. The van der Waals surface area contributed by atoms with E-state index in [0.717, 1.165) is 9.80 Å². The van der Waals surface area contributed by atoms with Crippen LogP contribution in [0.1, 0.15) is 6.92 Å². The minimum Gasteiger partial charge on any atom is -0.480 e. The number of carboxylic acids is 1. The van der Waals surface area contributed by atoms with Gasteiger partial charge in [-0.1, -0.05) is 0 Å². The number of ether oxygens (including phenoxy) is 1. The second-order valence-electron chi connectivity index (χ2n) is 3.47. The van der Waals surface area contributed by atoms with E-state index in [2.05, 4.69) is 0 Å². The zero-order valence-corrected chi connectivity index (χ0v) is 9.33. The van der Waals surface area contributed by atoms with E-state index in [1.54, 1.807) is 6.92 Å². The van der Waals surface area contributed by atoms with E-state index in [0.29, 0.717) is 0 Å². The maximum Gasteiger partial charge on any atom is 0.410 e. The van der Waals surface area contributed by atoms with Crippen molar-refractivity contribution in [3.05, 3.63) is 0 Å². The largest absolute Gasteiger partial charge is 0.480 e. The van der Waals surface area contributed by atoms with Crippen LogP contribution in [0.2, 0.25) is 0 Å². The molecule has 1 saturated heterocycles. The van der Waals surface area contributed by atoms with Crippen LogP contribution in [-0.2, 0) is 9.53 Å². The van der Waals surface area contributed by atoms with Crippen LogP contribution in [0, 0.1) is 0 Å². The van der Waals surface area contributed by atoms with E-state index in [1.165, 1.54) is 0 Å². The average Bonchev–Trinajstić information content (AvgIpc) is 2.28. The molecule has 1 heterocycles. The van der Waals surface area contributed by atoms with Crippen LogP contribution in [-0.4, -0.2) is 70.5 Å². The SMILES string of the molecule is CCOC(=O)N1CCN(C(=O)O)CC1C(=O)O. The first-order valence-corrected chi connectivity index (χ1v) is 5.11. The summed E-state index contributed by atoms with van der Waals surface area (Å²) in [6.07, 6.45) is -1.93. The van der Waals surface area contributed by atoms with E-state index in [9.17, 15) is 14.4 Å². The van der Waals surface area contributed by atoms with Gasteiger partial charge in [-0.25, -0.2) is 14.4 Å². The van der Waals surface area contributed by atoms with Crippen molar-refractivity contribution in [2.24, 2.45) is 0 Å². The zero-order valence-electron chi connectivity index (χ0n) is 9.33. The monoisotopic (exact) mass is 246 g/mol. The van der Waals surface area contributed by atoms with Crippen molar-refractivity contribution in [2.45, 2.75) is 13.0 Å². The third-order valence-corrected chi connectivity index (χ3v) is 2.44. The lowest BCUT2D eigenvalue weighted by Crippen LogP contribution is -2.59. The predicted molar refractivity (Wildman–Crippen MR) is 54.7 cm³/mol. The second kappa shape index (κ2) is 5.37. The van der Waals surface area contributed by atoms with E-state index < -0.39 is 24.2 Å². The van der Waals surface area contributed by atoms with Crippen molar-refractivity contribution < 1.29 is 29.3 Å². The van der Waals surface area contributed by atoms with Crippen molar-refractivity contribution in [1.29, 1.82) is 0 Å². The number of carbonyl (C=O) groups excluding carboxylic acids is 1. The lowest BCUT2D eigenvalue weighted by molar-refractivity contribution is -0.144. The molecule has 1 aliphatic heterocycles. The minimum absolute atomic E-state index is 0.0160. The highest BCUT2D eigenvalue weighted by Gasteiger charge is 2.37. The fourth-order valence-electron chi connectivity index (χ4n) is 1.59. The maximum absolute atomic E-state index is 11.5. The number of hydrogen-bond donors (Lipinski definition) is 2. The van der Waals surface area contributed by atoms with Crippen LogP contribution in [0.3, 0.4) is 0 Å². The van der Waals surface area contributed by atoms with Gasteiger partial charge in [0.25, 0.3) is 0 Å². The molecule has 1 atom stereocenters. The molecule has 17 heavy (non-hydrogen) atoms. The molecular formula is C9H14N2O6. The highest BCUT2D eigenvalue weighted by Crippen LogP contribution is 2.12. The Morgan fingerprint density at radius 2 is 1.94 bits per heavy atom. The topological polar surface area (TPSA) is 107 Å². The summed E-state index contributed by atoms with van der Waals surface area (Å²) in [5, 5.41) is 17.7. The number of hydrogen-bond acceptors (Lipinski definition) is 4. The summed E-state index contributed by atoms with van der Waals surface area (Å²) in [6, 6.07) is -1.20. The van der Waals surface area contributed by atoms with Crippen LogP contribution in [0.4, 0.5) is 9.59 Å². The molecule has 0 bridgehead atoms. The lowest BCUT2D eigenvalue weighted by Gasteiger charge is -2.37. The molecule has 0 aliphatic carbocycles. The molecule has 0 spiro atoms. The number of rotatable bonds is 2. The minimum atomic E-state index is -1.25. The number of nitrogens with zero attached hydrogens (tertiary/aromatic N) is 2. The smallest absolute Gasteiger partial charge is 0.410 e. The Morgan fingerprint density at radius 3 is 2.41 bits per heavy atom. The molecule has 1 rings (SSSR count). The van der Waals surface area contributed by atoms with E-state index >= 15 is 0 Å². The highest BCUT2D eigenvalue weighted by molar-refractivity contribution is 5.81. The zero-order chi connectivity index (χ0) is 13.0. The molecule has 8 heteroatoms. The van der Waals surface area contributed by atoms with Crippen molar-refractivity contribution in [2.75, 3.05) is 26.2 Å². The third-order valence-electron chi connectivity index (χ3n) is 2.44. The van der Waals surface area contributed by atoms with Crippen molar-refractivity contribution in [3.8, 4) is 0 Å². The quantitative estimate of drug-likeness (QED) is 0.704. The molecule has 2 amide bonds. The molecule has 0 aromatic heterocycles. The van der Waals surface area contributed by atoms with Gasteiger partial charge in [-0.3, -0.25) is 4.90 Å². The molecule has 96 valence electrons. The second-order valence-corrected chi connectivity index (χ2v) is 3.47. The molecule has 8 nitrogen and oxygen atoms in total. The average molecular weight is 246 g/mol. The van der Waals surface area contributed by atoms with Crippen molar-refractivity contribution in [3.63, 3.8) is 0 Å². The van der Waals surface area contributed by atoms with E-state index in [1.807, 2.05) is 0 Å². The van der Waals surface area contributed by atoms with Crippen LogP contribution in [0.15, 0.2) is 0 Å². The van der Waals surface area contributed by atoms with Gasteiger partial charge in [0.1, 0.15) is 0 Å². The van der Waals surface area contributed by atoms with Gasteiger partial charge in [0.05, 0.1) is 13.2 Å². The van der Waals surface area contributed by atoms with Crippen LogP contribution >= 0.6 is 0 Å². The van der Waals surface area contributed by atoms with Gasteiger partial charge in [0.15, 0.2) is 6.04 Å². The van der Waals surface area contributed by atoms with Gasteiger partial charge in [-0.05, 0) is 6.92 Å². The number of carboxylic acid groups (broad SMARTS) is 2. The van der Waals surface area contributed by atoms with E-state index in [-0.39, 0.29) is 26.2 Å². The molecule has 0 aromatic carbocycles. The molecule has 0 aromatic rings. The molecule has 1 fully saturated rings. The summed E-state index contributed by atoms with van der Waals surface area (Å²) in [5.41, 5.74) is 0. The lowest BCUT2D eigenvalue weighted by atomic mass is 10.2. The third kappa shape index (κ3) is 2.99. The molecule has 0 saturated carbocycles. The Bertz CT molecular complexity index is 331. The first kappa shape index (κ1) is 13.1. The Morgan fingerprint density at radius 1 is 1.29 bits per heavy atom. The Hall–Kier alpha value is -1.99. The molecule has 1 aliphatic rings. The Balaban J connectivity index is 2.76. The number of amides is 2. The Kier molecular flexibility index (Phi) is 4.13. The van der Waals surface area contributed by atoms with Gasteiger partial charge >= 0.3 is 18.2 Å².